The van der Waals surface area contributed by atoms with E-state index in [4.69, 9.17) is 15.2 Å². The molecule has 0 aromatic heterocycles. The van der Waals surface area contributed by atoms with Crippen LogP contribution < -0.4 is 15.2 Å². The Morgan fingerprint density at radius 1 is 0.900 bits per heavy atom. The van der Waals surface area contributed by atoms with Crippen molar-refractivity contribution in [2.24, 2.45) is 5.73 Å². The Morgan fingerprint density at radius 2 is 1.65 bits per heavy atom. The predicted octanol–water partition coefficient (Wildman–Crippen LogP) is 2.95. The number of hydrogen-bond donors (Lipinski definition) is 1. The molecule has 0 atom stereocenters. The van der Waals surface area contributed by atoms with E-state index in [0.717, 1.165) is 29.0 Å². The maximum atomic E-state index is 5.86. The molecule has 0 heterocycles. The van der Waals surface area contributed by atoms with Crippen LogP contribution in [-0.4, -0.2) is 19.8 Å². The molecule has 20 heavy (non-hydrogen) atoms. The molecule has 0 spiro atoms. The molecule has 2 aromatic rings. The summed E-state index contributed by atoms with van der Waals surface area (Å²) in [5.41, 5.74) is 7.92. The minimum atomic E-state index is 0.525. The van der Waals surface area contributed by atoms with Crippen LogP contribution in [0.15, 0.2) is 48.5 Å². The molecule has 0 aliphatic rings. The highest BCUT2D eigenvalue weighted by molar-refractivity contribution is 5.41. The van der Waals surface area contributed by atoms with Gasteiger partial charge in [0.15, 0.2) is 0 Å². The van der Waals surface area contributed by atoms with Crippen LogP contribution in [0.25, 0.3) is 0 Å². The molecular weight excluding hydrogens is 250 g/mol. The summed E-state index contributed by atoms with van der Waals surface area (Å²) in [5.74, 6) is 1.80. The van der Waals surface area contributed by atoms with Crippen molar-refractivity contribution in [3.05, 3.63) is 59.7 Å². The molecule has 0 saturated heterocycles. The van der Waals surface area contributed by atoms with Crippen LogP contribution >= 0.6 is 0 Å². The molecular formula is C17H21NO2. The standard InChI is InChI=1S/C17H21NO2/c1-14-6-5-7-15(10-11-18)17(14)20-13-12-19-16-8-3-2-4-9-16/h2-9H,10-13,18H2,1H3. The minimum Gasteiger partial charge on any atom is -0.490 e. The minimum absolute atomic E-state index is 0.525. The quantitative estimate of drug-likeness (QED) is 0.787. The molecule has 0 saturated carbocycles. The van der Waals surface area contributed by atoms with Gasteiger partial charge in [-0.2, -0.15) is 0 Å². The first-order valence-corrected chi connectivity index (χ1v) is 6.90. The molecule has 3 nitrogen and oxygen atoms in total. The maximum Gasteiger partial charge on any atom is 0.125 e. The van der Waals surface area contributed by atoms with Gasteiger partial charge in [0.1, 0.15) is 24.7 Å². The molecule has 2 N–H and O–H groups in total. The van der Waals surface area contributed by atoms with Gasteiger partial charge in [-0.15, -0.1) is 0 Å². The Bertz CT molecular complexity index is 526. The highest BCUT2D eigenvalue weighted by Crippen LogP contribution is 2.23. The summed E-state index contributed by atoms with van der Waals surface area (Å²) in [4.78, 5) is 0. The summed E-state index contributed by atoms with van der Waals surface area (Å²) in [6.45, 7) is 3.73. The van der Waals surface area contributed by atoms with Crippen molar-refractivity contribution in [1.82, 2.24) is 0 Å². The number of aryl methyl sites for hydroxylation is 1. The smallest absolute Gasteiger partial charge is 0.125 e. The van der Waals surface area contributed by atoms with Gasteiger partial charge in [0.05, 0.1) is 0 Å². The van der Waals surface area contributed by atoms with Gasteiger partial charge in [0, 0.05) is 0 Å². The Kier molecular flexibility index (Phi) is 5.44. The number of para-hydroxylation sites is 2. The van der Waals surface area contributed by atoms with E-state index in [2.05, 4.69) is 6.07 Å². The zero-order valence-electron chi connectivity index (χ0n) is 11.8. The van der Waals surface area contributed by atoms with E-state index in [1.54, 1.807) is 0 Å². The molecule has 2 rings (SSSR count). The Labute approximate surface area is 120 Å². The number of rotatable bonds is 7. The van der Waals surface area contributed by atoms with E-state index in [-0.39, 0.29) is 0 Å². The van der Waals surface area contributed by atoms with Gasteiger partial charge < -0.3 is 15.2 Å². The Hall–Kier alpha value is -2.00. The van der Waals surface area contributed by atoms with E-state index < -0.39 is 0 Å². The molecule has 3 heteroatoms. The molecule has 0 radical (unpaired) electrons. The third-order valence-corrected chi connectivity index (χ3v) is 3.05. The van der Waals surface area contributed by atoms with Crippen molar-refractivity contribution in [2.45, 2.75) is 13.3 Å². The average molecular weight is 271 g/mol. The maximum absolute atomic E-state index is 5.86. The van der Waals surface area contributed by atoms with Gasteiger partial charge in [-0.25, -0.2) is 0 Å². The molecule has 0 aliphatic heterocycles. The lowest BCUT2D eigenvalue weighted by atomic mass is 10.1. The number of nitrogens with two attached hydrogens (primary N) is 1. The van der Waals surface area contributed by atoms with Crippen LogP contribution in [0.3, 0.4) is 0 Å². The highest BCUT2D eigenvalue weighted by atomic mass is 16.5. The van der Waals surface area contributed by atoms with Crippen molar-refractivity contribution in [3.63, 3.8) is 0 Å². The van der Waals surface area contributed by atoms with E-state index in [0.29, 0.717) is 19.8 Å². The molecule has 0 fully saturated rings. The molecule has 0 unspecified atom stereocenters. The van der Waals surface area contributed by atoms with Crippen molar-refractivity contribution in [1.29, 1.82) is 0 Å². The lowest BCUT2D eigenvalue weighted by Crippen LogP contribution is -2.12. The summed E-state index contributed by atoms with van der Waals surface area (Å²) in [5, 5.41) is 0. The van der Waals surface area contributed by atoms with Crippen molar-refractivity contribution in [2.75, 3.05) is 19.8 Å². The summed E-state index contributed by atoms with van der Waals surface area (Å²) < 4.78 is 11.5. The SMILES string of the molecule is Cc1cccc(CCN)c1OCCOc1ccccc1. The first-order chi connectivity index (χ1) is 9.81. The largest absolute Gasteiger partial charge is 0.490 e. The first-order valence-electron chi connectivity index (χ1n) is 6.90. The molecule has 0 aliphatic carbocycles. The van der Waals surface area contributed by atoms with Gasteiger partial charge in [-0.3, -0.25) is 0 Å². The van der Waals surface area contributed by atoms with Crippen molar-refractivity contribution in [3.8, 4) is 11.5 Å². The Balaban J connectivity index is 1.87. The monoisotopic (exact) mass is 271 g/mol. The third kappa shape index (κ3) is 4.00. The van der Waals surface area contributed by atoms with Crippen LogP contribution in [0.1, 0.15) is 11.1 Å². The second-order valence-electron chi connectivity index (χ2n) is 4.61. The summed E-state index contributed by atoms with van der Waals surface area (Å²) in [6, 6.07) is 15.9. The molecule has 2 aromatic carbocycles. The van der Waals surface area contributed by atoms with Crippen LogP contribution in [0.4, 0.5) is 0 Å². The molecule has 0 amide bonds. The van der Waals surface area contributed by atoms with Gasteiger partial charge >= 0.3 is 0 Å². The van der Waals surface area contributed by atoms with Gasteiger partial charge in [-0.05, 0) is 43.1 Å². The van der Waals surface area contributed by atoms with E-state index >= 15 is 0 Å². The fraction of sp³-hybridized carbons (Fsp3) is 0.294. The highest BCUT2D eigenvalue weighted by Gasteiger charge is 2.06. The zero-order valence-corrected chi connectivity index (χ0v) is 11.8. The number of ether oxygens (including phenoxy) is 2. The number of benzene rings is 2. The summed E-state index contributed by atoms with van der Waals surface area (Å²) >= 11 is 0. The second kappa shape index (κ2) is 7.56. The normalized spacial score (nSPS) is 10.3. The Morgan fingerprint density at radius 3 is 2.40 bits per heavy atom. The topological polar surface area (TPSA) is 44.5 Å². The third-order valence-electron chi connectivity index (χ3n) is 3.05. The summed E-state index contributed by atoms with van der Waals surface area (Å²) in [6.07, 6.45) is 0.830. The van der Waals surface area contributed by atoms with Crippen LogP contribution in [0.5, 0.6) is 11.5 Å². The van der Waals surface area contributed by atoms with E-state index in [9.17, 15) is 0 Å². The lowest BCUT2D eigenvalue weighted by molar-refractivity contribution is 0.215. The zero-order chi connectivity index (χ0) is 14.2. The van der Waals surface area contributed by atoms with Crippen LogP contribution in [0, 0.1) is 6.92 Å². The lowest BCUT2D eigenvalue weighted by Gasteiger charge is -2.14. The summed E-state index contributed by atoms with van der Waals surface area (Å²) in [7, 11) is 0. The van der Waals surface area contributed by atoms with E-state index in [1.165, 1.54) is 0 Å². The first kappa shape index (κ1) is 14.4. The second-order valence-corrected chi connectivity index (χ2v) is 4.61. The van der Waals surface area contributed by atoms with Crippen molar-refractivity contribution < 1.29 is 9.47 Å². The fourth-order valence-electron chi connectivity index (χ4n) is 2.09. The van der Waals surface area contributed by atoms with E-state index in [1.807, 2.05) is 49.4 Å². The average Bonchev–Trinajstić information content (AvgIpc) is 2.47. The van der Waals surface area contributed by atoms with Crippen molar-refractivity contribution >= 4 is 0 Å². The molecule has 106 valence electrons. The van der Waals surface area contributed by atoms with Gasteiger partial charge in [-0.1, -0.05) is 36.4 Å². The van der Waals surface area contributed by atoms with Crippen LogP contribution in [-0.2, 0) is 6.42 Å². The number of hydrogen-bond acceptors (Lipinski definition) is 3. The van der Waals surface area contributed by atoms with Gasteiger partial charge in [0.25, 0.3) is 0 Å². The fourth-order valence-corrected chi connectivity index (χ4v) is 2.09. The van der Waals surface area contributed by atoms with Crippen LogP contribution in [0.2, 0.25) is 0 Å². The predicted molar refractivity (Wildman–Crippen MR) is 81.4 cm³/mol. The molecule has 0 bridgehead atoms. The van der Waals surface area contributed by atoms with Gasteiger partial charge in [0.2, 0.25) is 0 Å².